The van der Waals surface area contributed by atoms with Gasteiger partial charge in [0.2, 0.25) is 5.82 Å². The predicted molar refractivity (Wildman–Crippen MR) is 163 cm³/mol. The summed E-state index contributed by atoms with van der Waals surface area (Å²) < 4.78 is 1.76. The number of hydrogen-bond donors (Lipinski definition) is 2. The summed E-state index contributed by atoms with van der Waals surface area (Å²) in [4.78, 5) is 37.4. The molecule has 2 aliphatic rings. The summed E-state index contributed by atoms with van der Waals surface area (Å²) in [6.45, 7) is 3.20. The number of aliphatic carboxylic acids is 1. The molecule has 11 heteroatoms. The standard InChI is InChI=1S/C33H33N7O4/c1-2-3-10-28-34-26-16-15-22(30-29(33(42)43)27-9-6-17-40(27)44-30)18-25(26)32(41)39(28)19-20-11-13-21(14-12-20)23-7-4-5-8-24(23)31-35-37-38-36-31/h4-5,7-8,11-16,18,27,29-30H,2-3,6,9-10,17,19H2,1H3,(H,42,43)(H,35,36,37,38). The summed E-state index contributed by atoms with van der Waals surface area (Å²) in [5, 5.41) is 26.8. The maximum absolute atomic E-state index is 14.1. The zero-order valence-electron chi connectivity index (χ0n) is 24.4. The zero-order chi connectivity index (χ0) is 30.2. The first-order valence-electron chi connectivity index (χ1n) is 15.1. The van der Waals surface area contributed by atoms with Crippen molar-refractivity contribution in [1.29, 1.82) is 0 Å². The number of carbonyl (C=O) groups is 1. The fraction of sp³-hybridized carbons (Fsp3) is 0.333. The molecule has 0 amide bonds. The Balaban J connectivity index is 1.23. The van der Waals surface area contributed by atoms with Gasteiger partial charge in [0, 0.05) is 18.5 Å². The van der Waals surface area contributed by atoms with E-state index in [9.17, 15) is 14.7 Å². The van der Waals surface area contributed by atoms with Crippen molar-refractivity contribution in [3.63, 3.8) is 0 Å². The second-order valence-electron chi connectivity index (χ2n) is 11.5. The lowest BCUT2D eigenvalue weighted by atomic mass is 9.89. The van der Waals surface area contributed by atoms with Crippen LogP contribution >= 0.6 is 0 Å². The Kier molecular flexibility index (Phi) is 7.49. The van der Waals surface area contributed by atoms with E-state index in [2.05, 4.69) is 27.5 Å². The third-order valence-electron chi connectivity index (χ3n) is 8.78. The normalized spacial score (nSPS) is 19.9. The van der Waals surface area contributed by atoms with Gasteiger partial charge in [-0.2, -0.15) is 10.3 Å². The second-order valence-corrected chi connectivity index (χ2v) is 11.5. The molecule has 0 spiro atoms. The van der Waals surface area contributed by atoms with Crippen LogP contribution < -0.4 is 5.56 Å². The Morgan fingerprint density at radius 3 is 2.66 bits per heavy atom. The Morgan fingerprint density at radius 1 is 1.09 bits per heavy atom. The third-order valence-corrected chi connectivity index (χ3v) is 8.78. The number of fused-ring (bicyclic) bond motifs is 2. The minimum Gasteiger partial charge on any atom is -0.481 e. The number of unbranched alkanes of at least 4 members (excludes halogenated alkanes) is 1. The molecule has 2 fully saturated rings. The molecule has 0 radical (unpaired) electrons. The maximum Gasteiger partial charge on any atom is 0.311 e. The third kappa shape index (κ3) is 5.07. The first-order valence-corrected chi connectivity index (χ1v) is 15.1. The molecule has 2 aromatic heterocycles. The SMILES string of the molecule is CCCCc1nc2ccc(C3ON4CCCC4C3C(=O)O)cc2c(=O)n1Cc1ccc(-c2ccccc2-c2nn[nH]n2)cc1. The number of benzene rings is 3. The van der Waals surface area contributed by atoms with Crippen LogP contribution in [0, 0.1) is 5.92 Å². The van der Waals surface area contributed by atoms with Crippen molar-refractivity contribution in [1.82, 2.24) is 35.2 Å². The summed E-state index contributed by atoms with van der Waals surface area (Å²) in [5.74, 6) is -0.294. The van der Waals surface area contributed by atoms with Crippen molar-refractivity contribution in [2.75, 3.05) is 6.54 Å². The lowest BCUT2D eigenvalue weighted by Crippen LogP contribution is -2.30. The number of nitrogens with one attached hydrogen (secondary N) is 1. The molecule has 0 bridgehead atoms. The van der Waals surface area contributed by atoms with Gasteiger partial charge in [0.1, 0.15) is 17.8 Å². The van der Waals surface area contributed by atoms with Gasteiger partial charge in [-0.1, -0.05) is 67.9 Å². The number of carboxylic acid groups (broad SMARTS) is 1. The van der Waals surface area contributed by atoms with Gasteiger partial charge in [0.25, 0.3) is 5.56 Å². The molecular weight excluding hydrogens is 558 g/mol. The predicted octanol–water partition coefficient (Wildman–Crippen LogP) is 4.79. The first-order chi connectivity index (χ1) is 21.5. The maximum atomic E-state index is 14.1. The highest BCUT2D eigenvalue weighted by Gasteiger charge is 2.50. The van der Waals surface area contributed by atoms with Crippen LogP contribution in [0.3, 0.4) is 0 Å². The van der Waals surface area contributed by atoms with Gasteiger partial charge < -0.3 is 5.11 Å². The van der Waals surface area contributed by atoms with E-state index in [4.69, 9.17) is 9.82 Å². The van der Waals surface area contributed by atoms with E-state index < -0.39 is 18.0 Å². The number of aryl methyl sites for hydroxylation is 1. The van der Waals surface area contributed by atoms with Crippen LogP contribution in [0.2, 0.25) is 0 Å². The summed E-state index contributed by atoms with van der Waals surface area (Å²) in [6, 6.07) is 21.3. The molecule has 2 N–H and O–H groups in total. The number of aromatic amines is 1. The smallest absolute Gasteiger partial charge is 0.311 e. The topological polar surface area (TPSA) is 139 Å². The van der Waals surface area contributed by atoms with Crippen LogP contribution in [-0.2, 0) is 22.6 Å². The van der Waals surface area contributed by atoms with Crippen LogP contribution in [0.15, 0.2) is 71.5 Å². The first kappa shape index (κ1) is 28.1. The van der Waals surface area contributed by atoms with Crippen LogP contribution in [-0.4, -0.2) is 58.9 Å². The molecule has 4 heterocycles. The van der Waals surface area contributed by atoms with E-state index in [1.807, 2.05) is 65.7 Å². The van der Waals surface area contributed by atoms with E-state index in [0.29, 0.717) is 35.3 Å². The van der Waals surface area contributed by atoms with Crippen LogP contribution in [0.25, 0.3) is 33.4 Å². The van der Waals surface area contributed by atoms with Gasteiger partial charge >= 0.3 is 5.97 Å². The molecule has 224 valence electrons. The highest BCUT2D eigenvalue weighted by molar-refractivity contribution is 5.81. The van der Waals surface area contributed by atoms with Crippen LogP contribution in [0.1, 0.15) is 55.7 Å². The van der Waals surface area contributed by atoms with E-state index >= 15 is 0 Å². The highest BCUT2D eigenvalue weighted by atomic mass is 16.7. The lowest BCUT2D eigenvalue weighted by molar-refractivity contribution is -0.155. The quantitative estimate of drug-likeness (QED) is 0.248. The fourth-order valence-electron chi connectivity index (χ4n) is 6.56. The number of carboxylic acids is 1. The van der Waals surface area contributed by atoms with Crippen molar-refractivity contribution in [3.05, 3.63) is 94.0 Å². The van der Waals surface area contributed by atoms with Crippen molar-refractivity contribution in [2.24, 2.45) is 5.92 Å². The average Bonchev–Trinajstić information content (AvgIpc) is 3.80. The van der Waals surface area contributed by atoms with Crippen molar-refractivity contribution in [2.45, 2.75) is 57.7 Å². The van der Waals surface area contributed by atoms with Crippen LogP contribution in [0.4, 0.5) is 0 Å². The number of nitrogens with zero attached hydrogens (tertiary/aromatic N) is 6. The number of rotatable bonds is 9. The minimum absolute atomic E-state index is 0.139. The molecule has 3 unspecified atom stereocenters. The molecule has 5 aromatic rings. The summed E-state index contributed by atoms with van der Waals surface area (Å²) >= 11 is 0. The van der Waals surface area contributed by atoms with Gasteiger partial charge in [-0.15, -0.1) is 10.2 Å². The number of tetrazole rings is 1. The van der Waals surface area contributed by atoms with E-state index in [1.165, 1.54) is 0 Å². The van der Waals surface area contributed by atoms with Gasteiger partial charge in [-0.05, 0) is 58.9 Å². The van der Waals surface area contributed by atoms with Gasteiger partial charge in [-0.3, -0.25) is 19.0 Å². The van der Waals surface area contributed by atoms with Gasteiger partial charge in [0.05, 0.1) is 23.5 Å². The van der Waals surface area contributed by atoms with E-state index in [1.54, 1.807) is 10.6 Å². The van der Waals surface area contributed by atoms with Crippen molar-refractivity contribution >= 4 is 16.9 Å². The number of hydroxylamine groups is 2. The monoisotopic (exact) mass is 591 g/mol. The Bertz CT molecular complexity index is 1870. The largest absolute Gasteiger partial charge is 0.481 e. The van der Waals surface area contributed by atoms with Crippen molar-refractivity contribution < 1.29 is 14.7 Å². The molecule has 0 aliphatic carbocycles. The molecule has 2 saturated heterocycles. The summed E-state index contributed by atoms with van der Waals surface area (Å²) in [5.41, 5.74) is 4.98. The van der Waals surface area contributed by atoms with Crippen LogP contribution in [0.5, 0.6) is 0 Å². The fourth-order valence-corrected chi connectivity index (χ4v) is 6.56. The Hall–Kier alpha value is -4.74. The number of H-pyrrole nitrogens is 1. The Morgan fingerprint density at radius 2 is 1.91 bits per heavy atom. The summed E-state index contributed by atoms with van der Waals surface area (Å²) in [7, 11) is 0. The van der Waals surface area contributed by atoms with E-state index in [0.717, 1.165) is 60.3 Å². The lowest BCUT2D eigenvalue weighted by Gasteiger charge is -2.18. The minimum atomic E-state index is -0.877. The molecule has 44 heavy (non-hydrogen) atoms. The second kappa shape index (κ2) is 11.7. The van der Waals surface area contributed by atoms with Gasteiger partial charge in [-0.25, -0.2) is 4.98 Å². The molecule has 0 saturated carbocycles. The number of hydrogen-bond acceptors (Lipinski definition) is 8. The zero-order valence-corrected chi connectivity index (χ0v) is 24.4. The highest BCUT2D eigenvalue weighted by Crippen LogP contribution is 2.43. The molecule has 3 atom stereocenters. The van der Waals surface area contributed by atoms with Gasteiger partial charge in [0.15, 0.2) is 0 Å². The average molecular weight is 592 g/mol. The van der Waals surface area contributed by atoms with Crippen molar-refractivity contribution in [3.8, 4) is 22.5 Å². The Labute approximate surface area is 253 Å². The summed E-state index contributed by atoms with van der Waals surface area (Å²) in [6.07, 6.45) is 3.64. The molecule has 11 nitrogen and oxygen atoms in total. The molecule has 3 aromatic carbocycles. The molecule has 7 rings (SSSR count). The molecular formula is C33H33N7O4. The molecule has 2 aliphatic heterocycles. The number of aromatic nitrogens is 6. The van der Waals surface area contributed by atoms with E-state index in [-0.39, 0.29) is 11.6 Å².